The maximum atomic E-state index is 2.40. The van der Waals surface area contributed by atoms with Crippen LogP contribution in [0.5, 0.6) is 0 Å². The van der Waals surface area contributed by atoms with Gasteiger partial charge in [0.05, 0.1) is 0 Å². The van der Waals surface area contributed by atoms with Crippen LogP contribution in [0.2, 0.25) is 0 Å². The average molecular weight is 683 g/mol. The number of rotatable bonds is 4. The van der Waals surface area contributed by atoms with Crippen LogP contribution in [0.25, 0.3) is 109 Å². The Kier molecular flexibility index (Phi) is 6.97. The second-order valence-electron chi connectivity index (χ2n) is 14.4. The number of hydrogen-bond acceptors (Lipinski definition) is 0. The van der Waals surface area contributed by atoms with E-state index in [1.807, 2.05) is 0 Å². The standard InChI is InChI=1S/C54H34/c1-2-14-38-32-39(27-24-35(38)12-1)44-30-31-45(47-18-6-5-17-46(44)47)40-28-25-36-26-29-41(34-42(36)33-40)53-49-19-7-9-21-51(49)54(52-22-10-8-20-50(52)53)48-23-11-15-37-13-3-4-16-43(37)48/h1-34H. The van der Waals surface area contributed by atoms with Gasteiger partial charge in [-0.15, -0.1) is 0 Å². The number of hydrogen-bond donors (Lipinski definition) is 0. The van der Waals surface area contributed by atoms with Crippen molar-refractivity contribution in [1.82, 2.24) is 0 Å². The van der Waals surface area contributed by atoms with Crippen molar-refractivity contribution in [3.8, 4) is 44.5 Å². The zero-order valence-corrected chi connectivity index (χ0v) is 29.6. The molecule has 0 heteroatoms. The molecule has 0 unspecified atom stereocenters. The van der Waals surface area contributed by atoms with Crippen LogP contribution in [0.3, 0.4) is 0 Å². The van der Waals surface area contributed by atoms with Crippen molar-refractivity contribution in [3.63, 3.8) is 0 Å². The van der Waals surface area contributed by atoms with Gasteiger partial charge in [0.15, 0.2) is 0 Å². The van der Waals surface area contributed by atoms with E-state index in [0.717, 1.165) is 0 Å². The van der Waals surface area contributed by atoms with Gasteiger partial charge in [-0.3, -0.25) is 0 Å². The Bertz CT molecular complexity index is 3210. The van der Waals surface area contributed by atoms with Gasteiger partial charge >= 0.3 is 0 Å². The lowest BCUT2D eigenvalue weighted by molar-refractivity contribution is 1.65. The average Bonchev–Trinajstić information content (AvgIpc) is 3.24. The second-order valence-corrected chi connectivity index (χ2v) is 14.4. The van der Waals surface area contributed by atoms with Crippen LogP contribution < -0.4 is 0 Å². The summed E-state index contributed by atoms with van der Waals surface area (Å²) in [6, 6.07) is 76.1. The zero-order chi connectivity index (χ0) is 35.6. The van der Waals surface area contributed by atoms with E-state index in [1.165, 1.54) is 109 Å². The molecular formula is C54H34. The van der Waals surface area contributed by atoms with Crippen molar-refractivity contribution < 1.29 is 0 Å². The molecule has 0 bridgehead atoms. The first kappa shape index (κ1) is 30.6. The third-order valence-corrected chi connectivity index (χ3v) is 11.4. The monoisotopic (exact) mass is 682 g/mol. The minimum atomic E-state index is 1.22. The molecule has 11 aromatic carbocycles. The van der Waals surface area contributed by atoms with Gasteiger partial charge in [-0.25, -0.2) is 0 Å². The molecule has 0 aliphatic carbocycles. The topological polar surface area (TPSA) is 0 Å². The molecule has 0 nitrogen and oxygen atoms in total. The number of fused-ring (bicyclic) bond motifs is 6. The molecule has 0 aromatic heterocycles. The van der Waals surface area contributed by atoms with E-state index in [-0.39, 0.29) is 0 Å². The largest absolute Gasteiger partial charge is 0.0616 e. The van der Waals surface area contributed by atoms with Gasteiger partial charge < -0.3 is 0 Å². The van der Waals surface area contributed by atoms with Crippen molar-refractivity contribution in [2.75, 3.05) is 0 Å². The predicted octanol–water partition coefficient (Wildman–Crippen LogP) is 15.3. The summed E-state index contributed by atoms with van der Waals surface area (Å²) in [5, 5.41) is 15.1. The summed E-state index contributed by atoms with van der Waals surface area (Å²) < 4.78 is 0. The first-order valence-electron chi connectivity index (χ1n) is 18.8. The van der Waals surface area contributed by atoms with E-state index >= 15 is 0 Å². The lowest BCUT2D eigenvalue weighted by atomic mass is 9.84. The number of benzene rings is 11. The van der Waals surface area contributed by atoms with E-state index in [0.29, 0.717) is 0 Å². The third-order valence-electron chi connectivity index (χ3n) is 11.4. The highest BCUT2D eigenvalue weighted by molar-refractivity contribution is 6.24. The Morgan fingerprint density at radius 1 is 0.185 bits per heavy atom. The van der Waals surface area contributed by atoms with E-state index in [2.05, 4.69) is 206 Å². The van der Waals surface area contributed by atoms with Crippen molar-refractivity contribution in [1.29, 1.82) is 0 Å². The molecule has 0 amide bonds. The molecule has 0 heterocycles. The van der Waals surface area contributed by atoms with Crippen LogP contribution >= 0.6 is 0 Å². The van der Waals surface area contributed by atoms with E-state index in [4.69, 9.17) is 0 Å². The van der Waals surface area contributed by atoms with Crippen molar-refractivity contribution in [2.45, 2.75) is 0 Å². The van der Waals surface area contributed by atoms with Crippen LogP contribution in [-0.4, -0.2) is 0 Å². The van der Waals surface area contributed by atoms with E-state index in [9.17, 15) is 0 Å². The molecular weight excluding hydrogens is 649 g/mol. The lowest BCUT2D eigenvalue weighted by Crippen LogP contribution is -1.92. The molecule has 54 heavy (non-hydrogen) atoms. The van der Waals surface area contributed by atoms with Crippen LogP contribution in [0.15, 0.2) is 206 Å². The fourth-order valence-electron chi connectivity index (χ4n) is 8.90. The highest BCUT2D eigenvalue weighted by Gasteiger charge is 2.18. The lowest BCUT2D eigenvalue weighted by Gasteiger charge is -2.19. The van der Waals surface area contributed by atoms with Gasteiger partial charge in [0.25, 0.3) is 0 Å². The molecule has 0 atom stereocenters. The Labute approximate surface area is 314 Å². The van der Waals surface area contributed by atoms with Crippen molar-refractivity contribution >= 4 is 64.6 Å². The Morgan fingerprint density at radius 2 is 0.593 bits per heavy atom. The normalized spacial score (nSPS) is 11.7. The fourth-order valence-corrected chi connectivity index (χ4v) is 8.90. The van der Waals surface area contributed by atoms with Crippen molar-refractivity contribution in [3.05, 3.63) is 206 Å². The molecule has 0 N–H and O–H groups in total. The minimum Gasteiger partial charge on any atom is -0.0616 e. The summed E-state index contributed by atoms with van der Waals surface area (Å²) in [4.78, 5) is 0. The summed E-state index contributed by atoms with van der Waals surface area (Å²) in [5.74, 6) is 0. The predicted molar refractivity (Wildman–Crippen MR) is 233 cm³/mol. The molecule has 11 aromatic rings. The Balaban J connectivity index is 1.09. The minimum absolute atomic E-state index is 1.22. The van der Waals surface area contributed by atoms with E-state index < -0.39 is 0 Å². The molecule has 0 radical (unpaired) electrons. The van der Waals surface area contributed by atoms with Crippen LogP contribution in [0.4, 0.5) is 0 Å². The first-order chi connectivity index (χ1) is 26.8. The Hall–Kier alpha value is -7.02. The van der Waals surface area contributed by atoms with Crippen LogP contribution in [0, 0.1) is 0 Å². The summed E-state index contributed by atoms with van der Waals surface area (Å²) in [7, 11) is 0. The fraction of sp³-hybridized carbons (Fsp3) is 0. The van der Waals surface area contributed by atoms with Gasteiger partial charge in [-0.1, -0.05) is 188 Å². The quantitative estimate of drug-likeness (QED) is 0.162. The smallest absolute Gasteiger partial charge is 0.00201 e. The van der Waals surface area contributed by atoms with Crippen LogP contribution in [0.1, 0.15) is 0 Å². The molecule has 0 saturated carbocycles. The van der Waals surface area contributed by atoms with Crippen LogP contribution in [-0.2, 0) is 0 Å². The van der Waals surface area contributed by atoms with Gasteiger partial charge in [-0.05, 0) is 127 Å². The Morgan fingerprint density at radius 3 is 1.20 bits per heavy atom. The zero-order valence-electron chi connectivity index (χ0n) is 29.6. The molecule has 0 aliphatic heterocycles. The molecule has 11 rings (SSSR count). The van der Waals surface area contributed by atoms with E-state index in [1.54, 1.807) is 0 Å². The second kappa shape index (κ2) is 12.3. The molecule has 0 fully saturated rings. The summed E-state index contributed by atoms with van der Waals surface area (Å²) in [6.07, 6.45) is 0. The van der Waals surface area contributed by atoms with Gasteiger partial charge in [-0.2, -0.15) is 0 Å². The SMILES string of the molecule is c1ccc2cc(-c3ccc(-c4ccc5ccc(-c6c7ccccc7c(-c7cccc8ccccc78)c7ccccc67)cc5c4)c4ccccc34)ccc2c1. The van der Waals surface area contributed by atoms with Gasteiger partial charge in [0, 0.05) is 0 Å². The maximum absolute atomic E-state index is 2.40. The van der Waals surface area contributed by atoms with Gasteiger partial charge in [0.1, 0.15) is 0 Å². The first-order valence-corrected chi connectivity index (χ1v) is 18.8. The molecule has 0 saturated heterocycles. The van der Waals surface area contributed by atoms with Crippen molar-refractivity contribution in [2.24, 2.45) is 0 Å². The van der Waals surface area contributed by atoms with Gasteiger partial charge in [0.2, 0.25) is 0 Å². The molecule has 0 aliphatic rings. The highest BCUT2D eigenvalue weighted by atomic mass is 14.2. The maximum Gasteiger partial charge on any atom is -0.00201 e. The third kappa shape index (κ3) is 4.85. The summed E-state index contributed by atoms with van der Waals surface area (Å²) in [5.41, 5.74) is 10.0. The molecule has 250 valence electrons. The summed E-state index contributed by atoms with van der Waals surface area (Å²) >= 11 is 0. The molecule has 0 spiro atoms. The summed E-state index contributed by atoms with van der Waals surface area (Å²) in [6.45, 7) is 0. The highest BCUT2D eigenvalue weighted by Crippen LogP contribution is 2.46.